The van der Waals surface area contributed by atoms with Gasteiger partial charge in [-0.2, -0.15) is 0 Å². The average Bonchev–Trinajstić information content (AvgIpc) is 3.34. The summed E-state index contributed by atoms with van der Waals surface area (Å²) in [5.41, 5.74) is 2.50. The summed E-state index contributed by atoms with van der Waals surface area (Å²) in [5, 5.41) is 24.5. The van der Waals surface area contributed by atoms with Crippen LogP contribution in [-0.4, -0.2) is 36.8 Å². The summed E-state index contributed by atoms with van der Waals surface area (Å²) in [6, 6.07) is 18.5. The molecule has 0 bridgehead atoms. The molecule has 1 aliphatic heterocycles. The molecule has 0 amide bonds. The van der Waals surface area contributed by atoms with E-state index in [0.717, 1.165) is 11.1 Å². The molecule has 1 aliphatic rings. The second kappa shape index (κ2) is 12.5. The molecule has 35 heavy (non-hydrogen) atoms. The van der Waals surface area contributed by atoms with Crippen molar-refractivity contribution >= 4 is 28.3 Å². The molecule has 7 nitrogen and oxygen atoms in total. The van der Waals surface area contributed by atoms with Gasteiger partial charge in [0.15, 0.2) is 23.0 Å². The Morgan fingerprint density at radius 1 is 1.00 bits per heavy atom. The van der Waals surface area contributed by atoms with Gasteiger partial charge in [-0.1, -0.05) is 36.4 Å². The van der Waals surface area contributed by atoms with Crippen LogP contribution in [0.4, 0.5) is 0 Å². The summed E-state index contributed by atoms with van der Waals surface area (Å²) in [4.78, 5) is 0. The zero-order valence-electron chi connectivity index (χ0n) is 19.4. The summed E-state index contributed by atoms with van der Waals surface area (Å²) in [6.45, 7) is 2.69. The Bertz CT molecular complexity index is 1120. The quantitative estimate of drug-likeness (QED) is 0.321. The van der Waals surface area contributed by atoms with Gasteiger partial charge in [-0.15, -0.1) is 12.4 Å². The van der Waals surface area contributed by atoms with Crippen LogP contribution in [0.15, 0.2) is 65.1 Å². The molecule has 0 aromatic heterocycles. The number of hydrogen-bond donors (Lipinski definition) is 3. The van der Waals surface area contributed by atoms with Gasteiger partial charge < -0.3 is 34.5 Å². The highest BCUT2D eigenvalue weighted by Gasteiger charge is 2.20. The maximum Gasteiger partial charge on any atom is 0.231 e. The SMILES string of the molecule is COc1cc(CNC(C)C(O)c2ccccc2)cc(Br)c1OCC(O)c1ccc2c(c1)OCO2.Cl. The largest absolute Gasteiger partial charge is 0.493 e. The first-order chi connectivity index (χ1) is 16.5. The first kappa shape index (κ1) is 27.1. The number of nitrogens with one attached hydrogen (secondary N) is 1. The van der Waals surface area contributed by atoms with Crippen molar-refractivity contribution in [1.82, 2.24) is 5.32 Å². The van der Waals surface area contributed by atoms with E-state index in [1.807, 2.05) is 49.4 Å². The van der Waals surface area contributed by atoms with Gasteiger partial charge >= 0.3 is 0 Å². The molecule has 0 saturated carbocycles. The lowest BCUT2D eigenvalue weighted by Crippen LogP contribution is -2.31. The van der Waals surface area contributed by atoms with Gasteiger partial charge in [-0.3, -0.25) is 0 Å². The van der Waals surface area contributed by atoms with Crippen molar-refractivity contribution in [2.45, 2.75) is 31.7 Å². The highest BCUT2D eigenvalue weighted by Crippen LogP contribution is 2.38. The fraction of sp³-hybridized carbons (Fsp3) is 0.308. The van der Waals surface area contributed by atoms with Crippen molar-refractivity contribution in [3.05, 3.63) is 81.8 Å². The lowest BCUT2D eigenvalue weighted by molar-refractivity contribution is 0.105. The first-order valence-corrected chi connectivity index (χ1v) is 11.8. The number of halogens is 2. The van der Waals surface area contributed by atoms with Crippen molar-refractivity contribution < 1.29 is 29.2 Å². The minimum Gasteiger partial charge on any atom is -0.493 e. The Morgan fingerprint density at radius 2 is 1.74 bits per heavy atom. The molecule has 3 N–H and O–H groups in total. The van der Waals surface area contributed by atoms with Crippen molar-refractivity contribution in [2.75, 3.05) is 20.5 Å². The van der Waals surface area contributed by atoms with E-state index in [1.54, 1.807) is 25.3 Å². The molecule has 0 saturated heterocycles. The van der Waals surface area contributed by atoms with Crippen LogP contribution in [0.3, 0.4) is 0 Å². The van der Waals surface area contributed by atoms with Gasteiger partial charge in [-0.05, 0) is 63.8 Å². The summed E-state index contributed by atoms with van der Waals surface area (Å²) in [7, 11) is 1.57. The van der Waals surface area contributed by atoms with E-state index < -0.39 is 12.2 Å². The zero-order valence-corrected chi connectivity index (χ0v) is 21.8. The number of aliphatic hydroxyl groups is 2. The third kappa shape index (κ3) is 6.59. The number of methoxy groups -OCH3 is 1. The smallest absolute Gasteiger partial charge is 0.231 e. The average molecular weight is 567 g/mol. The summed E-state index contributed by atoms with van der Waals surface area (Å²) >= 11 is 3.56. The number of rotatable bonds is 10. The normalized spacial score (nSPS) is 14.5. The Labute approximate surface area is 219 Å². The lowest BCUT2D eigenvalue weighted by Gasteiger charge is -2.21. The van der Waals surface area contributed by atoms with Crippen LogP contribution in [-0.2, 0) is 6.54 Å². The molecule has 3 atom stereocenters. The number of benzene rings is 3. The van der Waals surface area contributed by atoms with Crippen LogP contribution >= 0.6 is 28.3 Å². The molecule has 3 unspecified atom stereocenters. The molecule has 0 radical (unpaired) electrons. The Kier molecular flexibility index (Phi) is 9.65. The standard InChI is InChI=1S/C26H28BrNO6.ClH/c1-16(25(30)18-6-4-3-5-7-18)28-13-17-10-20(27)26(24(11-17)31-2)32-14-21(29)19-8-9-22-23(12-19)34-15-33-22;/h3-12,16,21,25,28-30H,13-15H2,1-2H3;1H. The van der Waals surface area contributed by atoms with Crippen LogP contribution in [0.25, 0.3) is 0 Å². The molecule has 4 rings (SSSR count). The van der Waals surface area contributed by atoms with Gasteiger partial charge in [0.25, 0.3) is 0 Å². The lowest BCUT2D eigenvalue weighted by atomic mass is 10.0. The highest BCUT2D eigenvalue weighted by molar-refractivity contribution is 9.10. The van der Waals surface area contributed by atoms with Gasteiger partial charge in [0.1, 0.15) is 12.7 Å². The zero-order chi connectivity index (χ0) is 24.1. The predicted octanol–water partition coefficient (Wildman–Crippen LogP) is 4.93. The topological polar surface area (TPSA) is 89.4 Å². The molecule has 3 aromatic carbocycles. The molecule has 188 valence electrons. The maximum atomic E-state index is 10.6. The van der Waals surface area contributed by atoms with Crippen LogP contribution in [0.2, 0.25) is 0 Å². The number of aliphatic hydroxyl groups excluding tert-OH is 2. The number of fused-ring (bicyclic) bond motifs is 1. The third-order valence-electron chi connectivity index (χ3n) is 5.70. The summed E-state index contributed by atoms with van der Waals surface area (Å²) in [5.74, 6) is 2.32. The van der Waals surface area contributed by atoms with Crippen molar-refractivity contribution in [3.63, 3.8) is 0 Å². The van der Waals surface area contributed by atoms with E-state index in [1.165, 1.54) is 0 Å². The minimum atomic E-state index is -0.854. The Morgan fingerprint density at radius 3 is 2.49 bits per heavy atom. The van der Waals surface area contributed by atoms with E-state index in [2.05, 4.69) is 21.2 Å². The van der Waals surface area contributed by atoms with Gasteiger partial charge in [0.05, 0.1) is 17.7 Å². The van der Waals surface area contributed by atoms with Crippen LogP contribution in [0.1, 0.15) is 35.8 Å². The minimum absolute atomic E-state index is 0. The highest BCUT2D eigenvalue weighted by atomic mass is 79.9. The van der Waals surface area contributed by atoms with Gasteiger partial charge in [0, 0.05) is 12.6 Å². The molecule has 3 aromatic rings. The first-order valence-electron chi connectivity index (χ1n) is 11.0. The van der Waals surface area contributed by atoms with E-state index in [4.69, 9.17) is 18.9 Å². The van der Waals surface area contributed by atoms with Gasteiger partial charge in [0.2, 0.25) is 6.79 Å². The van der Waals surface area contributed by atoms with Crippen molar-refractivity contribution in [2.24, 2.45) is 0 Å². The van der Waals surface area contributed by atoms with Crippen molar-refractivity contribution in [1.29, 1.82) is 0 Å². The van der Waals surface area contributed by atoms with E-state index in [-0.39, 0.29) is 31.8 Å². The fourth-order valence-corrected chi connectivity index (χ4v) is 4.33. The molecule has 0 spiro atoms. The maximum absolute atomic E-state index is 10.6. The molecule has 0 fully saturated rings. The molecular weight excluding hydrogens is 538 g/mol. The van der Waals surface area contributed by atoms with E-state index >= 15 is 0 Å². The summed E-state index contributed by atoms with van der Waals surface area (Å²) in [6.07, 6.45) is -1.47. The molecule has 1 heterocycles. The van der Waals surface area contributed by atoms with Crippen molar-refractivity contribution in [3.8, 4) is 23.0 Å². The number of hydrogen-bond acceptors (Lipinski definition) is 7. The van der Waals surface area contributed by atoms with Crippen LogP contribution < -0.4 is 24.3 Å². The van der Waals surface area contributed by atoms with Crippen LogP contribution in [0, 0.1) is 0 Å². The predicted molar refractivity (Wildman–Crippen MR) is 139 cm³/mol. The fourth-order valence-electron chi connectivity index (χ4n) is 3.72. The third-order valence-corrected chi connectivity index (χ3v) is 6.29. The Hall–Kier alpha value is -2.49. The molecule has 0 aliphatic carbocycles. The monoisotopic (exact) mass is 565 g/mol. The van der Waals surface area contributed by atoms with E-state index in [9.17, 15) is 10.2 Å². The second-order valence-electron chi connectivity index (χ2n) is 8.07. The second-order valence-corrected chi connectivity index (χ2v) is 8.93. The number of ether oxygens (including phenoxy) is 4. The van der Waals surface area contributed by atoms with E-state index in [0.29, 0.717) is 39.6 Å². The Balaban J connectivity index is 0.00000342. The molecule has 9 heteroatoms. The molecular formula is C26H29BrClNO6. The van der Waals surface area contributed by atoms with Gasteiger partial charge in [-0.25, -0.2) is 0 Å². The van der Waals surface area contributed by atoms with Crippen LogP contribution in [0.5, 0.6) is 23.0 Å². The summed E-state index contributed by atoms with van der Waals surface area (Å²) < 4.78 is 22.9.